The molecular formula is C23H25BrIN5O7. The second kappa shape index (κ2) is 12.9. The summed E-state index contributed by atoms with van der Waals surface area (Å²) in [5, 5.41) is 50.6. The van der Waals surface area contributed by atoms with Crippen LogP contribution in [0, 0.1) is 3.57 Å². The lowest BCUT2D eigenvalue weighted by Gasteiger charge is -2.21. The molecule has 0 aliphatic carbocycles. The maximum Gasteiger partial charge on any atom is 0.305 e. The number of benzene rings is 2. The molecule has 2 unspecified atom stereocenters. The normalized spacial score (nSPS) is 15.6. The number of anilines is 1. The quantitative estimate of drug-likeness (QED) is 0.142. The number of aliphatic hydroxyl groups is 1. The van der Waals surface area contributed by atoms with Crippen LogP contribution in [0.3, 0.4) is 0 Å². The molecule has 8 N–H and O–H groups in total. The molecule has 0 radical (unpaired) electrons. The molecule has 2 aromatic rings. The van der Waals surface area contributed by atoms with Crippen LogP contribution in [-0.2, 0) is 14.9 Å². The molecule has 37 heavy (non-hydrogen) atoms. The zero-order valence-electron chi connectivity index (χ0n) is 19.3. The first-order valence-corrected chi connectivity index (χ1v) is 13.2. The van der Waals surface area contributed by atoms with Gasteiger partial charge < -0.3 is 41.7 Å². The first-order chi connectivity index (χ1) is 17.5. The van der Waals surface area contributed by atoms with Crippen LogP contribution in [0.1, 0.15) is 33.9 Å². The number of nitrogens with zero attached hydrogens (tertiary/aromatic N) is 1. The standard InChI is InChI=1S/C23H25BrIN5O7/c24-7-11-1-16(21(36)17(25)2-11)18(6-20(34)35)30-19(33)10-26-22(37)12-3-13(5-14(31)4-12)29-23-27-8-15(32)9-28-23/h1-5,15,18,31-32,36H,6-10H2,(H,26,37)(H,30,33)(H,34,35)(H2,27,28,29). The molecule has 2 aromatic carbocycles. The number of amides is 2. The molecule has 2 atom stereocenters. The summed E-state index contributed by atoms with van der Waals surface area (Å²) in [6, 6.07) is 6.34. The van der Waals surface area contributed by atoms with E-state index in [1.54, 1.807) is 12.1 Å². The first kappa shape index (κ1) is 28.5. The van der Waals surface area contributed by atoms with E-state index in [2.05, 4.69) is 42.2 Å². The molecule has 198 valence electrons. The number of nitrogens with one attached hydrogen (secondary N) is 4. The zero-order valence-corrected chi connectivity index (χ0v) is 23.0. The van der Waals surface area contributed by atoms with Gasteiger partial charge in [0.25, 0.3) is 5.91 Å². The van der Waals surface area contributed by atoms with Gasteiger partial charge in [-0.3, -0.25) is 19.4 Å². The van der Waals surface area contributed by atoms with Gasteiger partial charge in [-0.15, -0.1) is 0 Å². The Morgan fingerprint density at radius 3 is 2.59 bits per heavy atom. The second-order valence-electron chi connectivity index (χ2n) is 8.17. The van der Waals surface area contributed by atoms with E-state index in [0.29, 0.717) is 27.1 Å². The van der Waals surface area contributed by atoms with Crippen molar-refractivity contribution >= 4 is 68.0 Å². The van der Waals surface area contributed by atoms with E-state index in [9.17, 15) is 34.8 Å². The predicted molar refractivity (Wildman–Crippen MR) is 147 cm³/mol. The van der Waals surface area contributed by atoms with Gasteiger partial charge in [0.2, 0.25) is 5.91 Å². The van der Waals surface area contributed by atoms with Gasteiger partial charge in [0, 0.05) is 34.8 Å². The fourth-order valence-corrected chi connectivity index (χ4v) is 4.54. The summed E-state index contributed by atoms with van der Waals surface area (Å²) in [7, 11) is 0. The highest BCUT2D eigenvalue weighted by Crippen LogP contribution is 2.33. The van der Waals surface area contributed by atoms with E-state index < -0.39 is 42.9 Å². The van der Waals surface area contributed by atoms with Crippen molar-refractivity contribution in [3.63, 3.8) is 0 Å². The number of hydrogen-bond acceptors (Lipinski definition) is 9. The van der Waals surface area contributed by atoms with Crippen LogP contribution in [0.25, 0.3) is 0 Å². The van der Waals surface area contributed by atoms with Gasteiger partial charge in [0.1, 0.15) is 11.5 Å². The molecule has 0 fully saturated rings. The largest absolute Gasteiger partial charge is 0.508 e. The number of phenols is 2. The lowest BCUT2D eigenvalue weighted by atomic mass is 10.0. The molecule has 0 saturated carbocycles. The topological polar surface area (TPSA) is 193 Å². The lowest BCUT2D eigenvalue weighted by Crippen LogP contribution is -2.42. The summed E-state index contributed by atoms with van der Waals surface area (Å²) < 4.78 is 0.501. The number of aromatic hydroxyl groups is 2. The number of aliphatic hydroxyl groups excluding tert-OH is 1. The molecule has 14 heteroatoms. The van der Waals surface area contributed by atoms with Crippen LogP contribution in [0.4, 0.5) is 5.69 Å². The highest BCUT2D eigenvalue weighted by atomic mass is 127. The van der Waals surface area contributed by atoms with Crippen LogP contribution >= 0.6 is 38.5 Å². The SMILES string of the molecule is O=C(O)CC(NC(=O)CNC(=O)c1cc(O)cc(NC2=NCC(O)CN2)c1)c1cc(CBr)cc(I)c1O. The number of aliphatic imine (C=N–C) groups is 1. The Balaban J connectivity index is 1.67. The van der Waals surface area contributed by atoms with Gasteiger partial charge in [-0.25, -0.2) is 0 Å². The Kier molecular flexibility index (Phi) is 9.93. The van der Waals surface area contributed by atoms with E-state index in [4.69, 9.17) is 0 Å². The van der Waals surface area contributed by atoms with Crippen molar-refractivity contribution < 1.29 is 34.8 Å². The summed E-state index contributed by atoms with van der Waals surface area (Å²) in [4.78, 5) is 40.8. The number of carbonyl (C=O) groups excluding carboxylic acids is 2. The van der Waals surface area contributed by atoms with E-state index >= 15 is 0 Å². The molecule has 0 aromatic heterocycles. The molecule has 12 nitrogen and oxygen atoms in total. The number of rotatable bonds is 9. The number of hydrogen-bond donors (Lipinski definition) is 8. The van der Waals surface area contributed by atoms with Crippen molar-refractivity contribution in [2.45, 2.75) is 23.9 Å². The van der Waals surface area contributed by atoms with Crippen molar-refractivity contribution in [3.8, 4) is 11.5 Å². The zero-order chi connectivity index (χ0) is 27.1. The van der Waals surface area contributed by atoms with Gasteiger partial charge in [0.15, 0.2) is 5.96 Å². The average molecular weight is 690 g/mol. The maximum atomic E-state index is 12.7. The van der Waals surface area contributed by atoms with Crippen molar-refractivity contribution in [1.82, 2.24) is 16.0 Å². The minimum absolute atomic E-state index is 0.0612. The van der Waals surface area contributed by atoms with Crippen LogP contribution < -0.4 is 21.3 Å². The number of alkyl halides is 1. The third-order valence-electron chi connectivity index (χ3n) is 5.21. The predicted octanol–water partition coefficient (Wildman–Crippen LogP) is 1.39. The molecule has 0 spiro atoms. The van der Waals surface area contributed by atoms with E-state index in [0.717, 1.165) is 5.56 Å². The van der Waals surface area contributed by atoms with E-state index in [-0.39, 0.29) is 29.2 Å². The number of carboxylic acid groups (broad SMARTS) is 1. The van der Waals surface area contributed by atoms with Crippen LogP contribution in [0.2, 0.25) is 0 Å². The van der Waals surface area contributed by atoms with Crippen LogP contribution in [0.5, 0.6) is 11.5 Å². The minimum Gasteiger partial charge on any atom is -0.508 e. The number of halogens is 2. The third-order valence-corrected chi connectivity index (χ3v) is 6.68. The van der Waals surface area contributed by atoms with Crippen molar-refractivity contribution in [2.75, 3.05) is 25.0 Å². The molecule has 1 aliphatic heterocycles. The minimum atomic E-state index is -1.18. The fraction of sp³-hybridized carbons (Fsp3) is 0.304. The third kappa shape index (κ3) is 8.19. The van der Waals surface area contributed by atoms with Gasteiger partial charge >= 0.3 is 5.97 Å². The second-order valence-corrected chi connectivity index (χ2v) is 9.89. The van der Waals surface area contributed by atoms with Gasteiger partial charge in [0.05, 0.1) is 35.2 Å². The molecule has 2 amide bonds. The average Bonchev–Trinajstić information content (AvgIpc) is 2.84. The lowest BCUT2D eigenvalue weighted by molar-refractivity contribution is -0.137. The summed E-state index contributed by atoms with van der Waals surface area (Å²) in [5.74, 6) is -2.47. The van der Waals surface area contributed by atoms with Crippen LogP contribution in [0.15, 0.2) is 35.3 Å². The monoisotopic (exact) mass is 689 g/mol. The van der Waals surface area contributed by atoms with Crippen molar-refractivity contribution in [2.24, 2.45) is 4.99 Å². The van der Waals surface area contributed by atoms with Crippen molar-refractivity contribution in [3.05, 3.63) is 50.6 Å². The maximum absolute atomic E-state index is 12.7. The molecule has 3 rings (SSSR count). The first-order valence-electron chi connectivity index (χ1n) is 11.0. The van der Waals surface area contributed by atoms with Gasteiger partial charge in [-0.05, 0) is 52.4 Å². The number of β-amino-alcohol motifs (C(OH)–C–C–N with tert-alkyl or cyclic N) is 1. The summed E-state index contributed by atoms with van der Waals surface area (Å²) in [6.07, 6.45) is -1.08. The Morgan fingerprint density at radius 1 is 1.19 bits per heavy atom. The molecule has 0 saturated heterocycles. The highest BCUT2D eigenvalue weighted by Gasteiger charge is 2.23. The number of carbonyl (C=O) groups is 3. The number of aliphatic carboxylic acids is 1. The Bertz CT molecular complexity index is 1230. The molecule has 0 bridgehead atoms. The smallest absolute Gasteiger partial charge is 0.305 e. The Labute approximate surface area is 233 Å². The molecule has 1 heterocycles. The van der Waals surface area contributed by atoms with E-state index in [1.807, 2.05) is 22.6 Å². The summed E-state index contributed by atoms with van der Waals surface area (Å²) in [5.41, 5.74) is 1.45. The Hall–Kier alpha value is -3.11. The van der Waals surface area contributed by atoms with Crippen molar-refractivity contribution in [1.29, 1.82) is 0 Å². The fourth-order valence-electron chi connectivity index (χ4n) is 3.51. The summed E-state index contributed by atoms with van der Waals surface area (Å²) >= 11 is 5.24. The highest BCUT2D eigenvalue weighted by molar-refractivity contribution is 14.1. The van der Waals surface area contributed by atoms with Gasteiger partial charge in [-0.2, -0.15) is 0 Å². The number of carboxylic acids is 1. The van der Waals surface area contributed by atoms with Gasteiger partial charge in [-0.1, -0.05) is 15.9 Å². The van der Waals surface area contributed by atoms with Crippen LogP contribution in [-0.4, -0.2) is 69.9 Å². The molecular weight excluding hydrogens is 665 g/mol. The number of phenolic OH excluding ortho intramolecular Hbond substituents is 2. The molecule has 1 aliphatic rings. The Morgan fingerprint density at radius 2 is 1.95 bits per heavy atom. The van der Waals surface area contributed by atoms with E-state index in [1.165, 1.54) is 18.2 Å². The number of guanidine groups is 1. The summed E-state index contributed by atoms with van der Waals surface area (Å²) in [6.45, 7) is 0.0274.